The molecule has 1 atom stereocenters. The monoisotopic (exact) mass is 200 g/mol. The molecule has 3 nitrogen and oxygen atoms in total. The van der Waals surface area contributed by atoms with Crippen molar-refractivity contribution in [3.8, 4) is 0 Å². The van der Waals surface area contributed by atoms with E-state index in [1.807, 2.05) is 0 Å². The summed E-state index contributed by atoms with van der Waals surface area (Å²) in [5.41, 5.74) is 0. The van der Waals surface area contributed by atoms with Gasteiger partial charge in [0.25, 0.3) is 0 Å². The van der Waals surface area contributed by atoms with E-state index in [1.54, 1.807) is 0 Å². The van der Waals surface area contributed by atoms with Gasteiger partial charge in [-0.1, -0.05) is 32.6 Å². The lowest BCUT2D eigenvalue weighted by Crippen LogP contribution is -2.15. The van der Waals surface area contributed by atoms with E-state index in [1.165, 1.54) is 6.92 Å². The SMILES string of the molecule is CCCCCCC(CC(=O)O)C(C)=O. The Morgan fingerprint density at radius 1 is 1.21 bits per heavy atom. The molecule has 0 aromatic heterocycles. The number of carboxylic acid groups (broad SMARTS) is 1. The van der Waals surface area contributed by atoms with E-state index in [-0.39, 0.29) is 18.1 Å². The van der Waals surface area contributed by atoms with Gasteiger partial charge in [-0.2, -0.15) is 0 Å². The number of carbonyl (C=O) groups is 2. The summed E-state index contributed by atoms with van der Waals surface area (Å²) in [5, 5.41) is 8.58. The van der Waals surface area contributed by atoms with Crippen LogP contribution in [0.5, 0.6) is 0 Å². The van der Waals surface area contributed by atoms with Gasteiger partial charge < -0.3 is 5.11 Å². The topological polar surface area (TPSA) is 54.4 Å². The maximum atomic E-state index is 11.1. The first-order valence-corrected chi connectivity index (χ1v) is 5.30. The molecular weight excluding hydrogens is 180 g/mol. The molecule has 14 heavy (non-hydrogen) atoms. The zero-order valence-electron chi connectivity index (χ0n) is 9.08. The van der Waals surface area contributed by atoms with Crippen molar-refractivity contribution in [1.29, 1.82) is 0 Å². The molecule has 82 valence electrons. The largest absolute Gasteiger partial charge is 0.481 e. The van der Waals surface area contributed by atoms with E-state index in [0.717, 1.165) is 32.1 Å². The van der Waals surface area contributed by atoms with Crippen molar-refractivity contribution in [2.45, 2.75) is 52.4 Å². The molecule has 0 saturated carbocycles. The van der Waals surface area contributed by atoms with E-state index in [2.05, 4.69) is 6.92 Å². The van der Waals surface area contributed by atoms with Crippen molar-refractivity contribution in [3.05, 3.63) is 0 Å². The highest BCUT2D eigenvalue weighted by atomic mass is 16.4. The van der Waals surface area contributed by atoms with Crippen LogP contribution in [-0.4, -0.2) is 16.9 Å². The lowest BCUT2D eigenvalue weighted by atomic mass is 9.94. The predicted octanol–water partition coefficient (Wildman–Crippen LogP) is 2.64. The Labute approximate surface area is 85.5 Å². The van der Waals surface area contributed by atoms with Gasteiger partial charge in [0, 0.05) is 5.92 Å². The van der Waals surface area contributed by atoms with E-state index in [0.29, 0.717) is 0 Å². The molecule has 0 heterocycles. The van der Waals surface area contributed by atoms with Crippen molar-refractivity contribution in [2.24, 2.45) is 5.92 Å². The van der Waals surface area contributed by atoms with Gasteiger partial charge in [0.2, 0.25) is 0 Å². The minimum Gasteiger partial charge on any atom is -0.481 e. The number of hydrogen-bond donors (Lipinski definition) is 1. The summed E-state index contributed by atoms with van der Waals surface area (Å²) >= 11 is 0. The maximum absolute atomic E-state index is 11.1. The Hall–Kier alpha value is -0.860. The van der Waals surface area contributed by atoms with Gasteiger partial charge in [0.1, 0.15) is 5.78 Å². The van der Waals surface area contributed by atoms with Crippen molar-refractivity contribution in [3.63, 3.8) is 0 Å². The first kappa shape index (κ1) is 13.1. The van der Waals surface area contributed by atoms with Crippen LogP contribution in [0.3, 0.4) is 0 Å². The van der Waals surface area contributed by atoms with Crippen LogP contribution >= 0.6 is 0 Å². The fraction of sp³-hybridized carbons (Fsp3) is 0.818. The highest BCUT2D eigenvalue weighted by Gasteiger charge is 2.17. The molecule has 0 saturated heterocycles. The Bertz CT molecular complexity index is 187. The Morgan fingerprint density at radius 2 is 1.86 bits per heavy atom. The number of rotatable bonds is 8. The van der Waals surface area contributed by atoms with Crippen LogP contribution in [0, 0.1) is 5.92 Å². The number of Topliss-reactive ketones (excluding diaryl/α,β-unsaturated/α-hetero) is 1. The van der Waals surface area contributed by atoms with Crippen LogP contribution in [0.1, 0.15) is 52.4 Å². The van der Waals surface area contributed by atoms with Crippen LogP contribution in [0.15, 0.2) is 0 Å². The van der Waals surface area contributed by atoms with E-state index in [4.69, 9.17) is 5.11 Å². The summed E-state index contributed by atoms with van der Waals surface area (Å²) in [5.74, 6) is -1.14. The number of carbonyl (C=O) groups excluding carboxylic acids is 1. The summed E-state index contributed by atoms with van der Waals surface area (Å²) in [6.45, 7) is 3.60. The quantitative estimate of drug-likeness (QED) is 0.613. The molecule has 1 N–H and O–H groups in total. The second kappa shape index (κ2) is 7.54. The van der Waals surface area contributed by atoms with Crippen LogP contribution in [-0.2, 0) is 9.59 Å². The van der Waals surface area contributed by atoms with Crippen LogP contribution in [0.4, 0.5) is 0 Å². The normalized spacial score (nSPS) is 12.4. The molecule has 0 aliphatic rings. The molecule has 0 rings (SSSR count). The Kier molecular flexibility index (Phi) is 7.07. The number of unbranched alkanes of at least 4 members (excludes halogenated alkanes) is 3. The Morgan fingerprint density at radius 3 is 2.29 bits per heavy atom. The zero-order valence-corrected chi connectivity index (χ0v) is 9.08. The summed E-state index contributed by atoms with van der Waals surface area (Å²) in [7, 11) is 0. The van der Waals surface area contributed by atoms with Crippen LogP contribution in [0.2, 0.25) is 0 Å². The molecule has 0 bridgehead atoms. The predicted molar refractivity (Wildman–Crippen MR) is 55.2 cm³/mol. The lowest BCUT2D eigenvalue weighted by Gasteiger charge is -2.10. The number of ketones is 1. The highest BCUT2D eigenvalue weighted by Crippen LogP contribution is 2.15. The van der Waals surface area contributed by atoms with Gasteiger partial charge in [-0.25, -0.2) is 0 Å². The van der Waals surface area contributed by atoms with Crippen molar-refractivity contribution >= 4 is 11.8 Å². The van der Waals surface area contributed by atoms with Gasteiger partial charge in [-0.3, -0.25) is 9.59 Å². The third-order valence-corrected chi connectivity index (χ3v) is 2.40. The van der Waals surface area contributed by atoms with Gasteiger partial charge >= 0.3 is 5.97 Å². The summed E-state index contributed by atoms with van der Waals surface area (Å²) in [6.07, 6.45) is 5.09. The molecule has 0 aliphatic carbocycles. The van der Waals surface area contributed by atoms with E-state index >= 15 is 0 Å². The number of hydrogen-bond acceptors (Lipinski definition) is 2. The minimum absolute atomic E-state index is 0.00361. The smallest absolute Gasteiger partial charge is 0.304 e. The molecular formula is C11H20O3. The molecule has 0 amide bonds. The fourth-order valence-electron chi connectivity index (χ4n) is 1.48. The summed E-state index contributed by atoms with van der Waals surface area (Å²) in [4.78, 5) is 21.5. The third kappa shape index (κ3) is 6.63. The van der Waals surface area contributed by atoms with Crippen molar-refractivity contribution in [2.75, 3.05) is 0 Å². The third-order valence-electron chi connectivity index (χ3n) is 2.40. The molecule has 0 aromatic rings. The average molecular weight is 200 g/mol. The number of aliphatic carboxylic acids is 1. The van der Waals surface area contributed by atoms with Crippen LogP contribution in [0.25, 0.3) is 0 Å². The van der Waals surface area contributed by atoms with Crippen LogP contribution < -0.4 is 0 Å². The maximum Gasteiger partial charge on any atom is 0.304 e. The van der Waals surface area contributed by atoms with E-state index in [9.17, 15) is 9.59 Å². The molecule has 0 radical (unpaired) electrons. The molecule has 0 spiro atoms. The standard InChI is InChI=1S/C11H20O3/c1-3-4-5-6-7-10(9(2)12)8-11(13)14/h10H,3-8H2,1-2H3,(H,13,14). The summed E-state index contributed by atoms with van der Waals surface area (Å²) < 4.78 is 0. The van der Waals surface area contributed by atoms with E-state index < -0.39 is 5.97 Å². The number of carboxylic acids is 1. The first-order valence-electron chi connectivity index (χ1n) is 5.30. The average Bonchev–Trinajstić information content (AvgIpc) is 2.09. The molecule has 0 aliphatic heterocycles. The van der Waals surface area contributed by atoms with Crippen molar-refractivity contribution in [1.82, 2.24) is 0 Å². The first-order chi connectivity index (χ1) is 6.57. The second-order valence-corrected chi connectivity index (χ2v) is 3.75. The molecule has 1 unspecified atom stereocenters. The van der Waals surface area contributed by atoms with Crippen molar-refractivity contribution < 1.29 is 14.7 Å². The van der Waals surface area contributed by atoms with Gasteiger partial charge in [-0.15, -0.1) is 0 Å². The lowest BCUT2D eigenvalue weighted by molar-refractivity contribution is -0.140. The summed E-state index contributed by atoms with van der Waals surface area (Å²) in [6, 6.07) is 0. The van der Waals surface area contributed by atoms with Gasteiger partial charge in [-0.05, 0) is 13.3 Å². The highest BCUT2D eigenvalue weighted by molar-refractivity contribution is 5.82. The molecule has 3 heteroatoms. The zero-order chi connectivity index (χ0) is 11.0. The van der Waals surface area contributed by atoms with Gasteiger partial charge in [0.15, 0.2) is 0 Å². The minimum atomic E-state index is -0.874. The Balaban J connectivity index is 3.74. The second-order valence-electron chi connectivity index (χ2n) is 3.75. The fourth-order valence-corrected chi connectivity index (χ4v) is 1.48. The molecule has 0 aromatic carbocycles. The van der Waals surface area contributed by atoms with Gasteiger partial charge in [0.05, 0.1) is 6.42 Å². The molecule has 0 fully saturated rings.